The van der Waals surface area contributed by atoms with E-state index in [1.807, 2.05) is 24.3 Å². The quantitative estimate of drug-likeness (QED) is 0.188. The molecule has 1 aliphatic carbocycles. The summed E-state index contributed by atoms with van der Waals surface area (Å²) in [6.07, 6.45) is 10.3. The van der Waals surface area contributed by atoms with Gasteiger partial charge in [-0.3, -0.25) is 0 Å². The number of nitrogens with one attached hydrogen (secondary N) is 1. The van der Waals surface area contributed by atoms with Crippen LogP contribution in [0, 0.1) is 0 Å². The Morgan fingerprint density at radius 1 is 0.569 bits per heavy atom. The minimum atomic E-state index is -0.0928. The van der Waals surface area contributed by atoms with E-state index in [1.54, 1.807) is 22.7 Å². The lowest BCUT2D eigenvalue weighted by Gasteiger charge is -2.25. The Hall–Kier alpha value is -5.96. The van der Waals surface area contributed by atoms with Crippen LogP contribution in [0.1, 0.15) is 28.3 Å². The Morgan fingerprint density at radius 3 is 1.78 bits per heavy atom. The van der Waals surface area contributed by atoms with Crippen molar-refractivity contribution >= 4 is 60.5 Å². The molecule has 3 aliphatic rings. The summed E-state index contributed by atoms with van der Waals surface area (Å²) in [6.45, 7) is 0. The first-order valence-corrected chi connectivity index (χ1v) is 18.5. The van der Waals surface area contributed by atoms with Gasteiger partial charge >= 0.3 is 0 Å². The van der Waals surface area contributed by atoms with Gasteiger partial charge in [-0.05, 0) is 59.7 Å². The summed E-state index contributed by atoms with van der Waals surface area (Å²) in [5.74, 6) is 1.48. The van der Waals surface area contributed by atoms with E-state index in [0.717, 1.165) is 66.0 Å². The van der Waals surface area contributed by atoms with Gasteiger partial charge < -0.3 is 10.1 Å². The Kier molecular flexibility index (Phi) is 7.29. The lowest BCUT2D eigenvalue weighted by Crippen LogP contribution is -2.31. The monoisotopic (exact) mass is 695 g/mol. The first-order valence-electron chi connectivity index (χ1n) is 16.9. The average Bonchev–Trinajstić information content (AvgIpc) is 3.95. The van der Waals surface area contributed by atoms with Crippen LogP contribution in [0.4, 0.5) is 0 Å². The smallest absolute Gasteiger partial charge is 0.217 e. The van der Waals surface area contributed by atoms with Crippen molar-refractivity contribution in [3.05, 3.63) is 174 Å². The molecule has 0 saturated heterocycles. The van der Waals surface area contributed by atoms with Crippen molar-refractivity contribution in [2.24, 2.45) is 9.98 Å². The number of nitrogens with zero attached hydrogens (tertiary/aromatic N) is 4. The van der Waals surface area contributed by atoms with Crippen LogP contribution >= 0.6 is 22.7 Å². The van der Waals surface area contributed by atoms with Crippen LogP contribution in [0.5, 0.6) is 0 Å². The normalized spacial score (nSPS) is 19.3. The van der Waals surface area contributed by atoms with E-state index in [4.69, 9.17) is 24.7 Å². The molecule has 0 fully saturated rings. The lowest BCUT2D eigenvalue weighted by molar-refractivity contribution is 0.255. The fourth-order valence-corrected chi connectivity index (χ4v) is 8.58. The van der Waals surface area contributed by atoms with Gasteiger partial charge in [-0.15, -0.1) is 22.7 Å². The number of benzene rings is 5. The molecular weight excluding hydrogens is 667 g/mol. The van der Waals surface area contributed by atoms with Crippen molar-refractivity contribution < 1.29 is 4.74 Å². The maximum absolute atomic E-state index is 6.15. The fraction of sp³-hybridized carbons (Fsp3) is 0.0698. The number of rotatable bonds is 6. The van der Waals surface area contributed by atoms with Gasteiger partial charge in [0.25, 0.3) is 0 Å². The predicted molar refractivity (Wildman–Crippen MR) is 210 cm³/mol. The third-order valence-corrected chi connectivity index (χ3v) is 11.5. The molecule has 8 heteroatoms. The number of ether oxygens (including phenoxy) is 1. The van der Waals surface area contributed by atoms with Crippen LogP contribution in [0.25, 0.3) is 47.3 Å². The van der Waals surface area contributed by atoms with Gasteiger partial charge in [0, 0.05) is 22.3 Å². The molecule has 1 N–H and O–H groups in total. The second-order valence-corrected chi connectivity index (χ2v) is 14.7. The maximum atomic E-state index is 6.15. The largest absolute Gasteiger partial charge is 0.467 e. The zero-order chi connectivity index (χ0) is 33.7. The Morgan fingerprint density at radius 2 is 1.14 bits per heavy atom. The van der Waals surface area contributed by atoms with E-state index < -0.39 is 0 Å². The van der Waals surface area contributed by atoms with Crippen molar-refractivity contribution in [3.8, 4) is 21.1 Å². The molecule has 7 aromatic rings. The second kappa shape index (κ2) is 12.4. The molecule has 0 amide bonds. The summed E-state index contributed by atoms with van der Waals surface area (Å²) >= 11 is 3.43. The molecule has 0 spiro atoms. The molecule has 3 atom stereocenters. The SMILES string of the molecule is C1=CC2N=C(c3ccc(C4=NC(c5ccc(-c6nc7ccccc7s6)cc5)=CC(c5ccc(-c6nc7ccccc7s6)cc5)N4)cc3)OC2C=C1. The van der Waals surface area contributed by atoms with Crippen LogP contribution in [0.3, 0.4) is 0 Å². The van der Waals surface area contributed by atoms with Gasteiger partial charge in [-0.1, -0.05) is 103 Å². The number of aliphatic imine (C=N–C) groups is 2. The van der Waals surface area contributed by atoms with Gasteiger partial charge in [-0.25, -0.2) is 20.0 Å². The molecule has 4 heterocycles. The van der Waals surface area contributed by atoms with Gasteiger partial charge in [0.15, 0.2) is 0 Å². The number of hydrogen-bond acceptors (Lipinski definition) is 8. The molecule has 2 aliphatic heterocycles. The van der Waals surface area contributed by atoms with E-state index >= 15 is 0 Å². The zero-order valence-corrected chi connectivity index (χ0v) is 28.8. The van der Waals surface area contributed by atoms with Crippen LogP contribution in [0.2, 0.25) is 0 Å². The van der Waals surface area contributed by atoms with Crippen molar-refractivity contribution in [3.63, 3.8) is 0 Å². The number of allylic oxidation sites excluding steroid dienone is 2. The number of aromatic nitrogens is 2. The van der Waals surface area contributed by atoms with Crippen LogP contribution in [-0.4, -0.2) is 33.8 Å². The highest BCUT2D eigenvalue weighted by Gasteiger charge is 2.29. The van der Waals surface area contributed by atoms with E-state index in [1.165, 1.54) is 9.40 Å². The van der Waals surface area contributed by atoms with Crippen LogP contribution < -0.4 is 5.32 Å². The molecule has 6 nitrogen and oxygen atoms in total. The molecule has 244 valence electrons. The van der Waals surface area contributed by atoms with E-state index in [2.05, 4.69) is 133 Å². The molecular formula is C43H29N5OS2. The predicted octanol–water partition coefficient (Wildman–Crippen LogP) is 10.0. The van der Waals surface area contributed by atoms with Crippen molar-refractivity contribution in [2.75, 3.05) is 0 Å². The van der Waals surface area contributed by atoms with Crippen molar-refractivity contribution in [1.82, 2.24) is 15.3 Å². The standard InChI is InChI=1S/C43H29N5OS2/c1-4-10-37-32(7-1)46-41(49-37)29-19-17-28(18-20-29)40-44-35(26-13-21-30(22-14-26)42-47-33-8-2-5-11-38(33)50-42)25-36(45-40)27-15-23-31(24-16-27)43-48-34-9-3-6-12-39(34)51-43/h1-25,32,35,37H,(H,44,45). The minimum absolute atomic E-state index is 0.0320. The summed E-state index contributed by atoms with van der Waals surface area (Å²) in [6, 6.07) is 42.1. The second-order valence-electron chi connectivity index (χ2n) is 12.7. The summed E-state index contributed by atoms with van der Waals surface area (Å²) in [7, 11) is 0. The summed E-state index contributed by atoms with van der Waals surface area (Å²) in [5.41, 5.74) is 9.30. The molecule has 10 rings (SSSR count). The van der Waals surface area contributed by atoms with Crippen LogP contribution in [-0.2, 0) is 4.74 Å². The minimum Gasteiger partial charge on any atom is -0.467 e. The molecule has 0 bridgehead atoms. The number of amidine groups is 1. The highest BCUT2D eigenvalue weighted by molar-refractivity contribution is 7.22. The first-order chi connectivity index (χ1) is 25.2. The Balaban J connectivity index is 0.974. The van der Waals surface area contributed by atoms with Crippen LogP contribution in [0.15, 0.2) is 162 Å². The molecule has 0 saturated carbocycles. The Labute approximate surface area is 302 Å². The number of hydrogen-bond donors (Lipinski definition) is 1. The molecule has 2 aromatic heterocycles. The van der Waals surface area contributed by atoms with Gasteiger partial charge in [0.2, 0.25) is 5.90 Å². The first kappa shape index (κ1) is 29.9. The molecule has 0 radical (unpaired) electrons. The average molecular weight is 696 g/mol. The highest BCUT2D eigenvalue weighted by atomic mass is 32.1. The zero-order valence-electron chi connectivity index (χ0n) is 27.2. The number of fused-ring (bicyclic) bond motifs is 3. The summed E-state index contributed by atoms with van der Waals surface area (Å²) < 4.78 is 8.53. The van der Waals surface area contributed by atoms with Gasteiger partial charge in [0.1, 0.15) is 28.0 Å². The van der Waals surface area contributed by atoms with Gasteiger partial charge in [0.05, 0.1) is 32.2 Å². The third-order valence-electron chi connectivity index (χ3n) is 9.36. The molecule has 5 aromatic carbocycles. The fourth-order valence-electron chi connectivity index (χ4n) is 6.64. The maximum Gasteiger partial charge on any atom is 0.217 e. The number of thiazole rings is 2. The van der Waals surface area contributed by atoms with E-state index in [9.17, 15) is 0 Å². The summed E-state index contributed by atoms with van der Waals surface area (Å²) in [5, 5.41) is 5.76. The third kappa shape index (κ3) is 5.68. The summed E-state index contributed by atoms with van der Waals surface area (Å²) in [4.78, 5) is 19.7. The van der Waals surface area contributed by atoms with E-state index in [0.29, 0.717) is 5.90 Å². The topological polar surface area (TPSA) is 71.8 Å². The van der Waals surface area contributed by atoms with Gasteiger partial charge in [-0.2, -0.15) is 0 Å². The Bertz CT molecular complexity index is 2530. The highest BCUT2D eigenvalue weighted by Crippen LogP contribution is 2.35. The number of para-hydroxylation sites is 2. The molecule has 3 unspecified atom stereocenters. The van der Waals surface area contributed by atoms with E-state index in [-0.39, 0.29) is 18.2 Å². The molecule has 51 heavy (non-hydrogen) atoms. The van der Waals surface area contributed by atoms with Crippen molar-refractivity contribution in [2.45, 2.75) is 18.2 Å². The lowest BCUT2D eigenvalue weighted by atomic mass is 9.99. The van der Waals surface area contributed by atoms with Crippen molar-refractivity contribution in [1.29, 1.82) is 0 Å².